The summed E-state index contributed by atoms with van der Waals surface area (Å²) in [7, 11) is 0. The first-order valence-corrected chi connectivity index (χ1v) is 0. The van der Waals surface area contributed by atoms with E-state index < -0.39 is 0 Å². The molecule has 3 nitrogen and oxygen atoms in total. The Balaban J connectivity index is 0. The predicted octanol–water partition coefficient (Wildman–Crippen LogP) is 2.17. The lowest BCUT2D eigenvalue weighted by Crippen LogP contribution is -0.482. The van der Waals surface area contributed by atoms with Gasteiger partial charge in [-0.15, -0.1) is 49.6 Å². The Bertz CT molecular complexity index is 6.90. The van der Waals surface area contributed by atoms with Crippen LogP contribution in [-0.2, 0) is 0 Å². The summed E-state index contributed by atoms with van der Waals surface area (Å²) in [5, 5.41) is 0. The van der Waals surface area contributed by atoms with Crippen LogP contribution in [0.25, 0.3) is 0 Å². The molecule has 56 valence electrons. The van der Waals surface area contributed by atoms with E-state index in [1.807, 2.05) is 0 Å². The lowest BCUT2D eigenvalue weighted by atomic mass is 14.0. The fraction of sp³-hybridized carbons (Fsp3) is 0. The van der Waals surface area contributed by atoms with Crippen molar-refractivity contribution in [2.24, 2.45) is 0 Å². The van der Waals surface area contributed by atoms with Crippen molar-refractivity contribution >= 4 is 49.6 Å². The van der Waals surface area contributed by atoms with Gasteiger partial charge in [-0.05, 0) is 0 Å². The number of hydrogen-bond acceptors (Lipinski definition) is 3. The van der Waals surface area contributed by atoms with Crippen molar-refractivity contribution in [3.8, 4) is 0 Å². The summed E-state index contributed by atoms with van der Waals surface area (Å²) in [5.41, 5.74) is 0. The fourth-order valence-electron chi connectivity index (χ4n) is 0. The molecule has 0 fully saturated rings. The van der Waals surface area contributed by atoms with Crippen LogP contribution in [0.2, 0.25) is 0 Å². The van der Waals surface area contributed by atoms with E-state index in [0.29, 0.717) is 0 Å². The second-order valence-electron chi connectivity index (χ2n) is 0. The summed E-state index contributed by atoms with van der Waals surface area (Å²) in [6.07, 6.45) is 0. The summed E-state index contributed by atoms with van der Waals surface area (Å²) in [6, 6.07) is 0. The topological polar surface area (TPSA) is 105 Å². The lowest BCUT2D eigenvalue weighted by molar-refractivity contribution is 2.13. The molecule has 0 atom stereocenters. The average Bonchev–Trinajstić information content (AvgIpc) is 0. The second kappa shape index (κ2) is 237. The molecule has 7 heavy (non-hydrogen) atoms. The summed E-state index contributed by atoms with van der Waals surface area (Å²) in [6.45, 7) is 0. The van der Waals surface area contributed by atoms with Gasteiger partial charge in [0.1, 0.15) is 0 Å². The third kappa shape index (κ3) is 165. The van der Waals surface area contributed by atoms with Gasteiger partial charge < -0.3 is 18.5 Å². The molecule has 0 amide bonds. The maximum atomic E-state index is 0. The first kappa shape index (κ1) is 368. The molecular weight excluding hydrogens is 184 g/mol. The first-order chi connectivity index (χ1) is 0. The van der Waals surface area contributed by atoms with Gasteiger partial charge in [0.2, 0.25) is 0 Å². The molecule has 0 spiro atoms. The Morgan fingerprint density at radius 2 is 0.286 bits per heavy atom. The second-order valence-corrected chi connectivity index (χ2v) is 0. The zero-order valence-corrected chi connectivity index (χ0v) is 7.02. The molecule has 0 aliphatic rings. The molecule has 0 bridgehead atoms. The van der Waals surface area contributed by atoms with Crippen molar-refractivity contribution in [2.75, 3.05) is 0 Å². The van der Waals surface area contributed by atoms with E-state index in [9.17, 15) is 0 Å². The van der Waals surface area contributed by atoms with Crippen LogP contribution < -0.4 is 18.5 Å². The van der Waals surface area contributed by atoms with E-state index in [-0.39, 0.29) is 68.1 Å². The van der Waals surface area contributed by atoms with Crippen LogP contribution in [-0.4, -0.2) is 0 Å². The quantitative estimate of drug-likeness (QED) is 0.553. The van der Waals surface area contributed by atoms with E-state index in [2.05, 4.69) is 0 Å². The van der Waals surface area contributed by atoms with Crippen molar-refractivity contribution in [1.82, 2.24) is 18.5 Å². The minimum absolute atomic E-state index is 0. The van der Waals surface area contributed by atoms with Gasteiger partial charge in [0.15, 0.2) is 0 Å². The van der Waals surface area contributed by atoms with Gasteiger partial charge >= 0.3 is 0 Å². The number of rotatable bonds is 0. The maximum absolute atomic E-state index is 0. The number of halogens is 4. The van der Waals surface area contributed by atoms with Crippen LogP contribution in [0.5, 0.6) is 0 Å². The molecule has 0 aliphatic heterocycles. The Morgan fingerprint density at radius 1 is 0.286 bits per heavy atom. The minimum atomic E-state index is 0. The van der Waals surface area contributed by atoms with E-state index in [1.54, 1.807) is 0 Å². The molecule has 0 saturated heterocycles. The molecule has 0 radical (unpaired) electrons. The highest BCUT2D eigenvalue weighted by Crippen LogP contribution is 0.693. The van der Waals surface area contributed by atoms with Gasteiger partial charge in [-0.3, -0.25) is 0 Å². The smallest absolute Gasteiger partial charge is 0.147 e. The van der Waals surface area contributed by atoms with Crippen LogP contribution in [0.4, 0.5) is 0 Å². The molecule has 0 unspecified atom stereocenters. The van der Waals surface area contributed by atoms with Crippen molar-refractivity contribution in [3.63, 3.8) is 0 Å². The summed E-state index contributed by atoms with van der Waals surface area (Å²) < 4.78 is 0. The van der Waals surface area contributed by atoms with Crippen LogP contribution in [0, 0.1) is 0 Å². The van der Waals surface area contributed by atoms with Crippen molar-refractivity contribution in [2.45, 2.75) is 0 Å². The predicted molar refractivity (Wildman–Crippen MR) is 44.1 cm³/mol. The highest BCUT2D eigenvalue weighted by Gasteiger charge is -0.144. The lowest BCUT2D eigenvalue weighted by Gasteiger charge is -0.345. The van der Waals surface area contributed by atoms with Gasteiger partial charge in [-0.1, -0.05) is 0 Å². The van der Waals surface area contributed by atoms with Crippen molar-refractivity contribution in [3.05, 3.63) is 0 Å². The van der Waals surface area contributed by atoms with Crippen LogP contribution in [0.3, 0.4) is 0 Å². The molecule has 0 heterocycles. The summed E-state index contributed by atoms with van der Waals surface area (Å²) >= 11 is 0. The largest absolute Gasteiger partial charge is 0.344 e. The maximum Gasteiger partial charge on any atom is -0.147 e. The normalized spacial score (nSPS) is 0. The van der Waals surface area contributed by atoms with Gasteiger partial charge in [-0.25, -0.2) is 0 Å². The number of hydrogen-bond donors (Lipinski definition) is 3. The van der Waals surface area contributed by atoms with Gasteiger partial charge in [0.25, 0.3) is 0 Å². The van der Waals surface area contributed by atoms with E-state index in [1.165, 1.54) is 0 Å². The van der Waals surface area contributed by atoms with Gasteiger partial charge in [0.05, 0.1) is 0 Å². The highest BCUT2D eigenvalue weighted by atomic mass is 35.5. The fourth-order valence-corrected chi connectivity index (χ4v) is 0. The molecule has 0 aromatic rings. The SMILES string of the molecule is Cl.Cl.Cl.Cl.N.N.N. The van der Waals surface area contributed by atoms with Crippen LogP contribution in [0.1, 0.15) is 0 Å². The van der Waals surface area contributed by atoms with Crippen molar-refractivity contribution < 1.29 is 0 Å². The van der Waals surface area contributed by atoms with Gasteiger partial charge in [-0.2, -0.15) is 0 Å². The Morgan fingerprint density at radius 3 is 0.286 bits per heavy atom. The monoisotopic (exact) mass is 195 g/mol. The molecule has 0 rings (SSSR count). The molecule has 0 aromatic heterocycles. The molecule has 0 aromatic carbocycles. The zero-order valence-electron chi connectivity index (χ0n) is 3.75. The molecule has 0 aliphatic carbocycles. The molecular formula is H13Cl4N3. The average molecular weight is 197 g/mol. The summed E-state index contributed by atoms with van der Waals surface area (Å²) in [5.74, 6) is 0. The Labute approximate surface area is 68.4 Å². The third-order valence-corrected chi connectivity index (χ3v) is 0. The van der Waals surface area contributed by atoms with Crippen LogP contribution >= 0.6 is 49.6 Å². The van der Waals surface area contributed by atoms with Crippen molar-refractivity contribution in [1.29, 1.82) is 0 Å². The third-order valence-electron chi connectivity index (χ3n) is 0. The zero-order chi connectivity index (χ0) is 0. The van der Waals surface area contributed by atoms with E-state index in [4.69, 9.17) is 0 Å². The highest BCUT2D eigenvalue weighted by molar-refractivity contribution is 5.86. The first-order valence-electron chi connectivity index (χ1n) is 0. The summed E-state index contributed by atoms with van der Waals surface area (Å²) in [4.78, 5) is 0. The van der Waals surface area contributed by atoms with E-state index in [0.717, 1.165) is 0 Å². The van der Waals surface area contributed by atoms with Crippen LogP contribution in [0.15, 0.2) is 0 Å². The molecule has 9 N–H and O–H groups in total. The Hall–Kier alpha value is 1.04. The molecule has 0 saturated carbocycles. The van der Waals surface area contributed by atoms with E-state index >= 15 is 0 Å². The standard InChI is InChI=1S/4ClH.3H3N/h4*1H;3*1H3. The molecule has 7 heteroatoms. The minimum Gasteiger partial charge on any atom is -0.344 e. The Kier molecular flexibility index (Phi) is 12500. The van der Waals surface area contributed by atoms with Gasteiger partial charge in [0, 0.05) is 0 Å².